The Morgan fingerprint density at radius 3 is 2.92 bits per heavy atom. The maximum Gasteiger partial charge on any atom is 0.191 e. The van der Waals surface area contributed by atoms with E-state index in [-0.39, 0.29) is 0 Å². The number of guanidine groups is 1. The first-order valence-electron chi connectivity index (χ1n) is 8.90. The Hall–Kier alpha value is -2.27. The SMILES string of the molecule is CN=C(NCCCOCc1ccco1)NC1CC1c1ccccc1C. The molecular weight excluding hydrogens is 314 g/mol. The topological polar surface area (TPSA) is 58.8 Å². The first-order valence-corrected chi connectivity index (χ1v) is 8.90. The van der Waals surface area contributed by atoms with Gasteiger partial charge in [-0.05, 0) is 43.0 Å². The van der Waals surface area contributed by atoms with Gasteiger partial charge >= 0.3 is 0 Å². The minimum Gasteiger partial charge on any atom is -0.467 e. The molecule has 2 atom stereocenters. The Morgan fingerprint density at radius 1 is 1.28 bits per heavy atom. The summed E-state index contributed by atoms with van der Waals surface area (Å²) in [5, 5.41) is 6.87. The summed E-state index contributed by atoms with van der Waals surface area (Å²) >= 11 is 0. The number of hydrogen-bond donors (Lipinski definition) is 2. The number of benzene rings is 1. The summed E-state index contributed by atoms with van der Waals surface area (Å²) in [4.78, 5) is 4.32. The van der Waals surface area contributed by atoms with E-state index < -0.39 is 0 Å². The highest BCUT2D eigenvalue weighted by molar-refractivity contribution is 5.80. The van der Waals surface area contributed by atoms with Crippen molar-refractivity contribution < 1.29 is 9.15 Å². The molecule has 134 valence electrons. The average molecular weight is 341 g/mol. The summed E-state index contributed by atoms with van der Waals surface area (Å²) in [5.41, 5.74) is 2.82. The summed E-state index contributed by atoms with van der Waals surface area (Å²) in [5.74, 6) is 2.32. The lowest BCUT2D eigenvalue weighted by Gasteiger charge is -2.12. The van der Waals surface area contributed by atoms with Crippen LogP contribution in [0.2, 0.25) is 0 Å². The monoisotopic (exact) mass is 341 g/mol. The van der Waals surface area contributed by atoms with Crippen molar-refractivity contribution in [3.63, 3.8) is 0 Å². The predicted octanol–water partition coefficient (Wildman–Crippen LogP) is 3.22. The largest absolute Gasteiger partial charge is 0.467 e. The van der Waals surface area contributed by atoms with E-state index in [4.69, 9.17) is 9.15 Å². The van der Waals surface area contributed by atoms with Crippen molar-refractivity contribution in [1.29, 1.82) is 0 Å². The summed E-state index contributed by atoms with van der Waals surface area (Å²) in [7, 11) is 1.81. The smallest absolute Gasteiger partial charge is 0.191 e. The van der Waals surface area contributed by atoms with Gasteiger partial charge in [0.05, 0.1) is 6.26 Å². The maximum absolute atomic E-state index is 5.58. The summed E-state index contributed by atoms with van der Waals surface area (Å²) in [6.45, 7) is 4.24. The Balaban J connectivity index is 1.32. The summed E-state index contributed by atoms with van der Waals surface area (Å²) in [6.07, 6.45) is 3.75. The molecule has 0 saturated heterocycles. The molecule has 5 nitrogen and oxygen atoms in total. The van der Waals surface area contributed by atoms with Crippen LogP contribution in [0.1, 0.15) is 35.6 Å². The van der Waals surface area contributed by atoms with E-state index in [2.05, 4.69) is 46.8 Å². The van der Waals surface area contributed by atoms with Gasteiger partial charge in [0.1, 0.15) is 12.4 Å². The zero-order valence-electron chi connectivity index (χ0n) is 15.0. The third-order valence-electron chi connectivity index (χ3n) is 4.51. The van der Waals surface area contributed by atoms with Gasteiger partial charge in [-0.1, -0.05) is 24.3 Å². The number of ether oxygens (including phenoxy) is 1. The van der Waals surface area contributed by atoms with Gasteiger partial charge in [0.2, 0.25) is 0 Å². The third-order valence-corrected chi connectivity index (χ3v) is 4.51. The fourth-order valence-corrected chi connectivity index (χ4v) is 3.02. The minimum atomic E-state index is 0.475. The van der Waals surface area contributed by atoms with E-state index in [1.807, 2.05) is 19.2 Å². The molecule has 1 aromatic heterocycles. The molecule has 2 unspecified atom stereocenters. The zero-order valence-corrected chi connectivity index (χ0v) is 15.0. The van der Waals surface area contributed by atoms with E-state index in [0.29, 0.717) is 25.2 Å². The molecule has 1 heterocycles. The maximum atomic E-state index is 5.58. The van der Waals surface area contributed by atoms with E-state index >= 15 is 0 Å². The van der Waals surface area contributed by atoms with Gasteiger partial charge in [0, 0.05) is 32.2 Å². The molecule has 0 spiro atoms. The van der Waals surface area contributed by atoms with Crippen LogP contribution in [-0.2, 0) is 11.3 Å². The van der Waals surface area contributed by atoms with Crippen molar-refractivity contribution in [2.45, 2.75) is 38.3 Å². The molecule has 2 aromatic rings. The highest BCUT2D eigenvalue weighted by atomic mass is 16.5. The van der Waals surface area contributed by atoms with Crippen molar-refractivity contribution in [3.05, 3.63) is 59.5 Å². The second kappa shape index (κ2) is 8.72. The van der Waals surface area contributed by atoms with Crippen molar-refractivity contribution >= 4 is 5.96 Å². The predicted molar refractivity (Wildman–Crippen MR) is 99.8 cm³/mol. The fourth-order valence-electron chi connectivity index (χ4n) is 3.02. The van der Waals surface area contributed by atoms with Crippen LogP contribution in [0.15, 0.2) is 52.1 Å². The Labute approximate surface area is 149 Å². The van der Waals surface area contributed by atoms with Crippen LogP contribution in [0.25, 0.3) is 0 Å². The second-order valence-electron chi connectivity index (χ2n) is 6.43. The zero-order chi connectivity index (χ0) is 17.5. The van der Waals surface area contributed by atoms with Crippen LogP contribution in [0.3, 0.4) is 0 Å². The Kier molecular flexibility index (Phi) is 6.12. The molecule has 0 radical (unpaired) electrons. The first kappa shape index (κ1) is 17.5. The molecule has 0 amide bonds. The lowest BCUT2D eigenvalue weighted by atomic mass is 10.0. The molecule has 0 bridgehead atoms. The fraction of sp³-hybridized carbons (Fsp3) is 0.450. The molecule has 1 aliphatic carbocycles. The standard InChI is InChI=1S/C20H27N3O2/c1-15-7-3-4-9-17(15)18-13-19(18)23-20(21-2)22-10-6-11-24-14-16-8-5-12-25-16/h3-5,7-9,12,18-19H,6,10-11,13-14H2,1-2H3,(H2,21,22,23). The highest BCUT2D eigenvalue weighted by Crippen LogP contribution is 2.41. The van der Waals surface area contributed by atoms with E-state index in [0.717, 1.165) is 31.1 Å². The highest BCUT2D eigenvalue weighted by Gasteiger charge is 2.39. The second-order valence-corrected chi connectivity index (χ2v) is 6.43. The molecule has 3 rings (SSSR count). The van der Waals surface area contributed by atoms with Gasteiger partial charge in [0.25, 0.3) is 0 Å². The molecule has 2 N–H and O–H groups in total. The van der Waals surface area contributed by atoms with Crippen molar-refractivity contribution in [2.75, 3.05) is 20.2 Å². The molecule has 25 heavy (non-hydrogen) atoms. The van der Waals surface area contributed by atoms with Gasteiger partial charge in [-0.15, -0.1) is 0 Å². The molecule has 1 aromatic carbocycles. The molecular formula is C20H27N3O2. The van der Waals surface area contributed by atoms with Crippen LogP contribution in [0.5, 0.6) is 0 Å². The molecule has 5 heteroatoms. The summed E-state index contributed by atoms with van der Waals surface area (Å²) < 4.78 is 10.8. The average Bonchev–Trinajstić information content (AvgIpc) is 3.18. The van der Waals surface area contributed by atoms with Crippen LogP contribution in [0, 0.1) is 6.92 Å². The van der Waals surface area contributed by atoms with Gasteiger partial charge in [-0.25, -0.2) is 0 Å². The lowest BCUT2D eigenvalue weighted by Crippen LogP contribution is -2.39. The molecule has 1 fully saturated rings. The van der Waals surface area contributed by atoms with Gasteiger partial charge in [-0.3, -0.25) is 4.99 Å². The number of aryl methyl sites for hydroxylation is 1. The van der Waals surface area contributed by atoms with Crippen molar-refractivity contribution in [3.8, 4) is 0 Å². The first-order chi connectivity index (χ1) is 12.3. The number of furan rings is 1. The number of rotatable bonds is 8. The number of nitrogens with zero attached hydrogens (tertiary/aromatic N) is 1. The van der Waals surface area contributed by atoms with Crippen LogP contribution >= 0.6 is 0 Å². The van der Waals surface area contributed by atoms with Gasteiger partial charge < -0.3 is 19.8 Å². The minimum absolute atomic E-state index is 0.475. The lowest BCUT2D eigenvalue weighted by molar-refractivity contribution is 0.105. The van der Waals surface area contributed by atoms with E-state index in [9.17, 15) is 0 Å². The number of nitrogens with one attached hydrogen (secondary N) is 2. The quantitative estimate of drug-likeness (QED) is 0.440. The van der Waals surface area contributed by atoms with E-state index in [1.165, 1.54) is 11.1 Å². The summed E-state index contributed by atoms with van der Waals surface area (Å²) in [6, 6.07) is 12.9. The molecule has 0 aliphatic heterocycles. The van der Waals surface area contributed by atoms with Gasteiger partial charge in [-0.2, -0.15) is 0 Å². The molecule has 1 saturated carbocycles. The van der Waals surface area contributed by atoms with Crippen molar-refractivity contribution in [1.82, 2.24) is 10.6 Å². The Bertz CT molecular complexity index is 682. The van der Waals surface area contributed by atoms with Crippen LogP contribution in [-0.4, -0.2) is 32.2 Å². The van der Waals surface area contributed by atoms with Gasteiger partial charge in [0.15, 0.2) is 5.96 Å². The van der Waals surface area contributed by atoms with Crippen LogP contribution in [0.4, 0.5) is 0 Å². The third kappa shape index (κ3) is 5.10. The number of aliphatic imine (C=N–C) groups is 1. The Morgan fingerprint density at radius 2 is 2.16 bits per heavy atom. The van der Waals surface area contributed by atoms with Crippen LogP contribution < -0.4 is 10.6 Å². The van der Waals surface area contributed by atoms with E-state index in [1.54, 1.807) is 6.26 Å². The van der Waals surface area contributed by atoms with Crippen molar-refractivity contribution in [2.24, 2.45) is 4.99 Å². The molecule has 1 aliphatic rings. The number of hydrogen-bond acceptors (Lipinski definition) is 3. The normalized spacial score (nSPS) is 19.7.